The third-order valence-corrected chi connectivity index (χ3v) is 7.07. The van der Waals surface area contributed by atoms with E-state index in [0.717, 1.165) is 60.7 Å². The van der Waals surface area contributed by atoms with Crippen LogP contribution < -0.4 is 0 Å². The van der Waals surface area contributed by atoms with Crippen molar-refractivity contribution in [2.75, 3.05) is 13.1 Å². The Kier molecular flexibility index (Phi) is 6.04. The quantitative estimate of drug-likeness (QED) is 0.613. The van der Waals surface area contributed by atoms with Gasteiger partial charge in [-0.2, -0.15) is 5.10 Å². The summed E-state index contributed by atoms with van der Waals surface area (Å²) in [4.78, 5) is 21.0. The molecule has 0 radical (unpaired) electrons. The van der Waals surface area contributed by atoms with Crippen molar-refractivity contribution in [3.63, 3.8) is 0 Å². The highest BCUT2D eigenvalue weighted by Crippen LogP contribution is 2.24. The van der Waals surface area contributed by atoms with Crippen molar-refractivity contribution in [2.45, 2.75) is 59.9 Å². The van der Waals surface area contributed by atoms with E-state index in [1.54, 1.807) is 11.3 Å². The number of aryl methyl sites for hydroxylation is 4. The van der Waals surface area contributed by atoms with Crippen LogP contribution in [0.25, 0.3) is 11.3 Å². The van der Waals surface area contributed by atoms with Gasteiger partial charge in [-0.15, -0.1) is 11.3 Å². The largest absolute Gasteiger partial charge is 0.340 e. The second kappa shape index (κ2) is 8.72. The van der Waals surface area contributed by atoms with Crippen LogP contribution in [-0.4, -0.2) is 38.7 Å². The third kappa shape index (κ3) is 4.19. The Balaban J connectivity index is 1.50. The second-order valence-corrected chi connectivity index (χ2v) is 9.30. The molecule has 4 rings (SSSR count). The minimum atomic E-state index is 0.143. The summed E-state index contributed by atoms with van der Waals surface area (Å²) in [6.45, 7) is 10.3. The van der Waals surface area contributed by atoms with Gasteiger partial charge in [-0.05, 0) is 49.9 Å². The van der Waals surface area contributed by atoms with Gasteiger partial charge in [0.15, 0.2) is 0 Å². The van der Waals surface area contributed by atoms with Crippen LogP contribution >= 0.6 is 11.3 Å². The SMILES string of the molecule is CCc1cc(-c2cc(CC)n(CC(=O)N3CCc4nc(C)sc4CC3)n2)ccc1C. The van der Waals surface area contributed by atoms with Gasteiger partial charge in [0.2, 0.25) is 5.91 Å². The number of carbonyl (C=O) groups is 1. The van der Waals surface area contributed by atoms with Crippen molar-refractivity contribution in [3.8, 4) is 11.3 Å². The van der Waals surface area contributed by atoms with E-state index in [1.807, 2.05) is 9.58 Å². The predicted molar refractivity (Wildman–Crippen MR) is 122 cm³/mol. The molecule has 0 spiro atoms. The average Bonchev–Trinajstić information content (AvgIpc) is 3.25. The van der Waals surface area contributed by atoms with E-state index < -0.39 is 0 Å². The van der Waals surface area contributed by atoms with Crippen LogP contribution in [-0.2, 0) is 37.0 Å². The summed E-state index contributed by atoms with van der Waals surface area (Å²) in [6.07, 6.45) is 3.61. The van der Waals surface area contributed by atoms with Gasteiger partial charge < -0.3 is 4.90 Å². The number of amides is 1. The summed E-state index contributed by atoms with van der Waals surface area (Å²) in [5.41, 5.74) is 7.01. The maximum absolute atomic E-state index is 13.1. The predicted octanol–water partition coefficient (Wildman–Crippen LogP) is 4.38. The lowest BCUT2D eigenvalue weighted by Gasteiger charge is -2.20. The highest BCUT2D eigenvalue weighted by atomic mass is 32.1. The summed E-state index contributed by atoms with van der Waals surface area (Å²) in [5, 5.41) is 5.94. The van der Waals surface area contributed by atoms with Gasteiger partial charge in [0.05, 0.1) is 16.4 Å². The molecule has 0 fully saturated rings. The molecule has 3 heterocycles. The molecule has 1 aliphatic heterocycles. The number of carbonyl (C=O) groups excluding carboxylic acids is 1. The molecule has 1 aliphatic rings. The highest BCUT2D eigenvalue weighted by Gasteiger charge is 2.22. The van der Waals surface area contributed by atoms with E-state index in [2.05, 4.69) is 56.9 Å². The van der Waals surface area contributed by atoms with Crippen molar-refractivity contribution < 1.29 is 4.79 Å². The molecule has 0 atom stereocenters. The maximum Gasteiger partial charge on any atom is 0.244 e. The molecule has 0 saturated carbocycles. The van der Waals surface area contributed by atoms with E-state index in [9.17, 15) is 4.79 Å². The monoisotopic (exact) mass is 422 g/mol. The van der Waals surface area contributed by atoms with Crippen molar-refractivity contribution in [1.82, 2.24) is 19.7 Å². The number of thiazole rings is 1. The summed E-state index contributed by atoms with van der Waals surface area (Å²) in [7, 11) is 0. The summed E-state index contributed by atoms with van der Waals surface area (Å²) < 4.78 is 1.90. The number of rotatable bonds is 5. The van der Waals surface area contributed by atoms with Crippen LogP contribution in [0.1, 0.15) is 46.2 Å². The first kappa shape index (κ1) is 20.8. The van der Waals surface area contributed by atoms with E-state index in [0.29, 0.717) is 6.54 Å². The molecule has 3 aromatic rings. The van der Waals surface area contributed by atoms with E-state index in [-0.39, 0.29) is 5.91 Å². The van der Waals surface area contributed by atoms with Crippen molar-refractivity contribution >= 4 is 17.2 Å². The zero-order valence-corrected chi connectivity index (χ0v) is 19.2. The van der Waals surface area contributed by atoms with Gasteiger partial charge in [-0.1, -0.05) is 26.0 Å². The van der Waals surface area contributed by atoms with Gasteiger partial charge in [-0.3, -0.25) is 9.48 Å². The Hall–Kier alpha value is -2.47. The Bertz CT molecular complexity index is 1040. The lowest BCUT2D eigenvalue weighted by molar-refractivity contribution is -0.132. The second-order valence-electron chi connectivity index (χ2n) is 8.01. The number of nitrogens with zero attached hydrogens (tertiary/aromatic N) is 4. The first-order chi connectivity index (χ1) is 14.5. The molecule has 2 aromatic heterocycles. The van der Waals surface area contributed by atoms with Crippen LogP contribution in [0.5, 0.6) is 0 Å². The maximum atomic E-state index is 13.1. The minimum Gasteiger partial charge on any atom is -0.340 e. The fourth-order valence-corrected chi connectivity index (χ4v) is 5.17. The molecule has 5 nitrogen and oxygen atoms in total. The summed E-state index contributed by atoms with van der Waals surface area (Å²) in [6, 6.07) is 8.65. The Morgan fingerprint density at radius 3 is 2.67 bits per heavy atom. The summed E-state index contributed by atoms with van der Waals surface area (Å²) in [5.74, 6) is 0.143. The van der Waals surface area contributed by atoms with E-state index in [4.69, 9.17) is 5.10 Å². The lowest BCUT2D eigenvalue weighted by Crippen LogP contribution is -2.36. The molecule has 0 bridgehead atoms. The van der Waals surface area contributed by atoms with Crippen LogP contribution in [0, 0.1) is 13.8 Å². The zero-order chi connectivity index (χ0) is 21.3. The van der Waals surface area contributed by atoms with Crippen LogP contribution in [0.15, 0.2) is 24.3 Å². The molecule has 1 amide bonds. The fraction of sp³-hybridized carbons (Fsp3) is 0.458. The minimum absolute atomic E-state index is 0.143. The van der Waals surface area contributed by atoms with Gasteiger partial charge >= 0.3 is 0 Å². The first-order valence-electron chi connectivity index (χ1n) is 10.9. The lowest BCUT2D eigenvalue weighted by atomic mass is 10.0. The van der Waals surface area contributed by atoms with Crippen molar-refractivity contribution in [1.29, 1.82) is 0 Å². The van der Waals surface area contributed by atoms with Crippen LogP contribution in [0.4, 0.5) is 0 Å². The number of hydrogen-bond acceptors (Lipinski definition) is 4. The zero-order valence-electron chi connectivity index (χ0n) is 18.4. The van der Waals surface area contributed by atoms with Gasteiger partial charge in [-0.25, -0.2) is 4.98 Å². The van der Waals surface area contributed by atoms with Crippen molar-refractivity contribution in [2.24, 2.45) is 0 Å². The average molecular weight is 423 g/mol. The number of benzene rings is 1. The molecule has 0 saturated heterocycles. The Labute approximate surface area is 182 Å². The van der Waals surface area contributed by atoms with Crippen molar-refractivity contribution in [3.05, 3.63) is 56.7 Å². The Morgan fingerprint density at radius 2 is 1.90 bits per heavy atom. The molecule has 158 valence electrons. The van der Waals surface area contributed by atoms with Gasteiger partial charge in [0, 0.05) is 42.1 Å². The molecule has 0 aliphatic carbocycles. The van der Waals surface area contributed by atoms with Gasteiger partial charge in [0.25, 0.3) is 0 Å². The van der Waals surface area contributed by atoms with E-state index >= 15 is 0 Å². The smallest absolute Gasteiger partial charge is 0.244 e. The Morgan fingerprint density at radius 1 is 1.10 bits per heavy atom. The molecule has 6 heteroatoms. The van der Waals surface area contributed by atoms with E-state index in [1.165, 1.54) is 21.7 Å². The molecule has 0 unspecified atom stereocenters. The molecule has 1 aromatic carbocycles. The molecular formula is C24H30N4OS. The normalized spacial score (nSPS) is 13.9. The molecular weight excluding hydrogens is 392 g/mol. The third-order valence-electron chi connectivity index (χ3n) is 6.00. The first-order valence-corrected chi connectivity index (χ1v) is 11.7. The number of hydrogen-bond donors (Lipinski definition) is 0. The topological polar surface area (TPSA) is 51.0 Å². The van der Waals surface area contributed by atoms with Gasteiger partial charge in [0.1, 0.15) is 6.54 Å². The number of aromatic nitrogens is 3. The summed E-state index contributed by atoms with van der Waals surface area (Å²) >= 11 is 1.77. The highest BCUT2D eigenvalue weighted by molar-refractivity contribution is 7.11. The molecule has 0 N–H and O–H groups in total. The van der Waals surface area contributed by atoms with Crippen LogP contribution in [0.3, 0.4) is 0 Å². The molecule has 30 heavy (non-hydrogen) atoms. The number of fused-ring (bicyclic) bond motifs is 1. The fourth-order valence-electron chi connectivity index (χ4n) is 4.20. The standard InChI is InChI=1S/C24H30N4OS/c1-5-18-13-19(8-7-16(18)3)22-14-20(6-2)28(26-22)15-24(29)27-11-9-21-23(10-12-27)30-17(4)25-21/h7-8,13-14H,5-6,9-12,15H2,1-4H3. The van der Waals surface area contributed by atoms with Crippen LogP contribution in [0.2, 0.25) is 0 Å².